The van der Waals surface area contributed by atoms with Gasteiger partial charge in [0.25, 0.3) is 0 Å². The van der Waals surface area contributed by atoms with Gasteiger partial charge in [-0.25, -0.2) is 0 Å². The zero-order chi connectivity index (χ0) is 42.9. The van der Waals surface area contributed by atoms with Crippen molar-refractivity contribution in [3.63, 3.8) is 0 Å². The van der Waals surface area contributed by atoms with E-state index < -0.39 is 0 Å². The van der Waals surface area contributed by atoms with Crippen molar-refractivity contribution in [3.05, 3.63) is 216 Å². The minimum Gasteiger partial charge on any atom is -0.456 e. The summed E-state index contributed by atoms with van der Waals surface area (Å²) in [5.74, 6) is 0. The fourth-order valence-electron chi connectivity index (χ4n) is 11.2. The molecule has 0 amide bonds. The lowest BCUT2D eigenvalue weighted by Gasteiger charge is -2.31. The highest BCUT2D eigenvalue weighted by Gasteiger charge is 2.39. The van der Waals surface area contributed by atoms with Crippen LogP contribution in [0.3, 0.4) is 0 Å². The van der Waals surface area contributed by atoms with Gasteiger partial charge in [0.15, 0.2) is 0 Å². The summed E-state index contributed by atoms with van der Waals surface area (Å²) in [4.78, 5) is 4.86. The zero-order valence-electron chi connectivity index (χ0n) is 36.2. The number of nitrogens with zero attached hydrogens (tertiary/aromatic N) is 2. The summed E-state index contributed by atoms with van der Waals surface area (Å²) < 4.78 is 13.1. The average Bonchev–Trinajstić information content (AvgIpc) is 4.02. The second-order valence-electron chi connectivity index (χ2n) is 18.5. The second-order valence-corrected chi connectivity index (χ2v) is 18.5. The van der Waals surface area contributed by atoms with Crippen molar-refractivity contribution in [2.24, 2.45) is 0 Å². The van der Waals surface area contributed by atoms with Crippen LogP contribution in [0, 0.1) is 0 Å². The van der Waals surface area contributed by atoms with E-state index in [9.17, 15) is 0 Å². The molecule has 2 aliphatic rings. The van der Waals surface area contributed by atoms with Crippen LogP contribution in [0.2, 0.25) is 0 Å². The molecule has 0 atom stereocenters. The van der Waals surface area contributed by atoms with Gasteiger partial charge in [0.05, 0.1) is 16.8 Å². The van der Waals surface area contributed by atoms with Crippen LogP contribution >= 0.6 is 0 Å². The van der Waals surface area contributed by atoms with E-state index in [-0.39, 0.29) is 10.8 Å². The Morgan fingerprint density at radius 1 is 0.328 bits per heavy atom. The van der Waals surface area contributed by atoms with Gasteiger partial charge < -0.3 is 18.6 Å². The van der Waals surface area contributed by atoms with Crippen molar-refractivity contribution in [1.82, 2.24) is 0 Å². The van der Waals surface area contributed by atoms with Gasteiger partial charge >= 0.3 is 0 Å². The summed E-state index contributed by atoms with van der Waals surface area (Å²) in [5.41, 5.74) is 19.9. The Bertz CT molecular complexity index is 3710. The van der Waals surface area contributed by atoms with Gasteiger partial charge in [0.2, 0.25) is 0 Å². The normalized spacial score (nSPS) is 14.2. The van der Waals surface area contributed by atoms with Crippen molar-refractivity contribution in [1.29, 1.82) is 0 Å². The maximum absolute atomic E-state index is 6.58. The van der Waals surface area contributed by atoms with Crippen molar-refractivity contribution < 1.29 is 8.83 Å². The van der Waals surface area contributed by atoms with Crippen LogP contribution in [0.4, 0.5) is 34.1 Å². The molecule has 2 aromatic heterocycles. The summed E-state index contributed by atoms with van der Waals surface area (Å²) in [6.07, 6.45) is 0. The highest BCUT2D eigenvalue weighted by atomic mass is 16.3. The molecular formula is C60H44N2O2. The first kappa shape index (κ1) is 36.8. The fraction of sp³-hybridized carbons (Fsp3) is 0.100. The largest absolute Gasteiger partial charge is 0.456 e. The highest BCUT2D eigenvalue weighted by Crippen LogP contribution is 2.56. The van der Waals surface area contributed by atoms with Gasteiger partial charge in [-0.05, 0) is 112 Å². The molecule has 13 rings (SSSR count). The monoisotopic (exact) mass is 824 g/mol. The molecule has 4 nitrogen and oxygen atoms in total. The zero-order valence-corrected chi connectivity index (χ0v) is 36.2. The average molecular weight is 825 g/mol. The van der Waals surface area contributed by atoms with Crippen molar-refractivity contribution >= 4 is 78.0 Å². The number of hydrogen-bond acceptors (Lipinski definition) is 4. The fourth-order valence-corrected chi connectivity index (χ4v) is 11.2. The Morgan fingerprint density at radius 3 is 1.64 bits per heavy atom. The maximum atomic E-state index is 6.58. The second kappa shape index (κ2) is 13.3. The molecule has 4 heteroatoms. The van der Waals surface area contributed by atoms with E-state index in [1.807, 2.05) is 12.1 Å². The summed E-state index contributed by atoms with van der Waals surface area (Å²) in [6.45, 7) is 9.40. The molecule has 0 N–H and O–H groups in total. The Labute approximate surface area is 372 Å². The van der Waals surface area contributed by atoms with Crippen LogP contribution in [0.5, 0.6) is 0 Å². The Hall–Kier alpha value is -7.82. The van der Waals surface area contributed by atoms with Gasteiger partial charge in [-0.15, -0.1) is 0 Å². The number of furan rings is 2. The third-order valence-corrected chi connectivity index (χ3v) is 14.2. The van der Waals surface area contributed by atoms with Gasteiger partial charge in [0, 0.05) is 61.4 Å². The Kier molecular flexibility index (Phi) is 7.67. The molecule has 9 aromatic carbocycles. The first-order chi connectivity index (χ1) is 31.3. The van der Waals surface area contributed by atoms with Crippen molar-refractivity contribution in [2.75, 3.05) is 9.80 Å². The lowest BCUT2D eigenvalue weighted by Crippen LogP contribution is -2.17. The lowest BCUT2D eigenvalue weighted by molar-refractivity contribution is 0.660. The van der Waals surface area contributed by atoms with Crippen molar-refractivity contribution in [3.8, 4) is 22.3 Å². The van der Waals surface area contributed by atoms with Crippen LogP contribution in [-0.2, 0) is 10.8 Å². The predicted octanol–water partition coefficient (Wildman–Crippen LogP) is 17.0. The first-order valence-corrected chi connectivity index (χ1v) is 22.3. The van der Waals surface area contributed by atoms with Crippen LogP contribution in [-0.4, -0.2) is 0 Å². The number of fused-ring (bicyclic) bond motifs is 12. The predicted molar refractivity (Wildman–Crippen MR) is 265 cm³/mol. The van der Waals surface area contributed by atoms with Crippen LogP contribution in [0.25, 0.3) is 66.1 Å². The molecule has 0 unspecified atom stereocenters. The van der Waals surface area contributed by atoms with Gasteiger partial charge in [0.1, 0.15) is 22.3 Å². The van der Waals surface area contributed by atoms with E-state index >= 15 is 0 Å². The smallest absolute Gasteiger partial charge is 0.137 e. The molecule has 0 bridgehead atoms. The minimum absolute atomic E-state index is 0.165. The summed E-state index contributed by atoms with van der Waals surface area (Å²) in [5, 5.41) is 4.39. The summed E-state index contributed by atoms with van der Waals surface area (Å²) >= 11 is 0. The number of rotatable bonds is 6. The van der Waals surface area contributed by atoms with Crippen molar-refractivity contribution in [2.45, 2.75) is 38.5 Å². The molecule has 2 heterocycles. The standard InChI is InChI=1S/C60H44N2O2/c1-59(2)48-23-10-6-20-45(48)57-49(59)24-14-25-51(57)62(40-31-33-44-43-19-7-11-27-53(43)64-56(44)36-40)38-17-13-16-37(34-38)61(52-26-15-29-55-58(52)46-21-8-12-28-54(46)63-55)39-30-32-42-41-18-5-9-22-47(41)60(3,4)50(42)35-39/h5-36H,1-4H3. The molecule has 306 valence electrons. The highest BCUT2D eigenvalue weighted by molar-refractivity contribution is 6.13. The molecule has 11 aromatic rings. The minimum atomic E-state index is -0.173. The first-order valence-electron chi connectivity index (χ1n) is 22.3. The summed E-state index contributed by atoms with van der Waals surface area (Å²) in [6, 6.07) is 70.5. The molecule has 0 saturated carbocycles. The number of anilines is 6. The number of para-hydroxylation sites is 2. The van der Waals surface area contributed by atoms with E-state index in [0.29, 0.717) is 0 Å². The molecule has 0 radical (unpaired) electrons. The SMILES string of the molecule is CC1(C)c2ccccc2-c2ccc(N(c3cccc(N(c4ccc5c(c4)oc4ccccc45)c4cccc5c4-c4ccccc4C5(C)C)c3)c3cccc4oc5ccccc5c34)cc21. The van der Waals surface area contributed by atoms with Crippen LogP contribution in [0.15, 0.2) is 203 Å². The third-order valence-electron chi connectivity index (χ3n) is 14.2. The molecule has 64 heavy (non-hydrogen) atoms. The molecule has 0 spiro atoms. The Morgan fingerprint density at radius 2 is 0.828 bits per heavy atom. The molecule has 0 fully saturated rings. The lowest BCUT2D eigenvalue weighted by atomic mass is 9.82. The molecular weight excluding hydrogens is 781 g/mol. The number of benzene rings is 9. The molecule has 0 saturated heterocycles. The van der Waals surface area contributed by atoms with Gasteiger partial charge in [-0.3, -0.25) is 0 Å². The van der Waals surface area contributed by atoms with Gasteiger partial charge in [-0.1, -0.05) is 143 Å². The van der Waals surface area contributed by atoms with Crippen LogP contribution in [0.1, 0.15) is 49.9 Å². The van der Waals surface area contributed by atoms with E-state index in [4.69, 9.17) is 8.83 Å². The molecule has 2 aliphatic carbocycles. The van der Waals surface area contributed by atoms with E-state index in [0.717, 1.165) is 78.0 Å². The Balaban J connectivity index is 1.07. The number of hydrogen-bond donors (Lipinski definition) is 0. The topological polar surface area (TPSA) is 32.8 Å². The van der Waals surface area contributed by atoms with Crippen LogP contribution < -0.4 is 9.80 Å². The van der Waals surface area contributed by atoms with Gasteiger partial charge in [-0.2, -0.15) is 0 Å². The van der Waals surface area contributed by atoms with E-state index in [1.54, 1.807) is 0 Å². The maximum Gasteiger partial charge on any atom is 0.137 e. The molecule has 0 aliphatic heterocycles. The third kappa shape index (κ3) is 5.17. The van der Waals surface area contributed by atoms with E-state index in [2.05, 4.69) is 219 Å². The quantitative estimate of drug-likeness (QED) is 0.167. The van der Waals surface area contributed by atoms with E-state index in [1.165, 1.54) is 44.5 Å². The summed E-state index contributed by atoms with van der Waals surface area (Å²) in [7, 11) is 0.